The molecule has 0 bridgehead atoms. The van der Waals surface area contributed by atoms with Gasteiger partial charge in [-0.05, 0) is 58.3 Å². The lowest BCUT2D eigenvalue weighted by Gasteiger charge is -2.59. The number of ketones is 1. The predicted octanol–water partition coefficient (Wildman–Crippen LogP) is 4.08. The molecule has 0 aromatic carbocycles. The third-order valence-electron chi connectivity index (χ3n) is 7.13. The number of carboxylic acid groups (broad SMARTS) is 1. The van der Waals surface area contributed by atoms with Crippen LogP contribution in [0.25, 0.3) is 0 Å². The molecule has 3 aliphatic rings. The number of carbonyl (C=O) groups excluding carboxylic acids is 1. The van der Waals surface area contributed by atoms with Gasteiger partial charge in [0.05, 0.1) is 11.0 Å². The second kappa shape index (κ2) is 5.86. The van der Waals surface area contributed by atoms with E-state index in [1.807, 2.05) is 13.0 Å². The van der Waals surface area contributed by atoms with Gasteiger partial charge >= 0.3 is 5.97 Å². The molecule has 5 heteroatoms. The molecule has 1 aliphatic carbocycles. The summed E-state index contributed by atoms with van der Waals surface area (Å²) in [6.07, 6.45) is 4.07. The molecule has 3 rings (SSSR count). The smallest absolute Gasteiger partial charge is 0.309 e. The Hall–Kier alpha value is -1.78. The Morgan fingerprint density at radius 2 is 2.00 bits per heavy atom. The van der Waals surface area contributed by atoms with E-state index in [9.17, 15) is 14.7 Å². The Morgan fingerprint density at radius 3 is 2.58 bits per heavy atom. The van der Waals surface area contributed by atoms with Gasteiger partial charge in [-0.2, -0.15) is 0 Å². The van der Waals surface area contributed by atoms with E-state index in [-0.39, 0.29) is 23.7 Å². The first-order valence-electron chi connectivity index (χ1n) is 9.44. The average Bonchev–Trinajstić information content (AvgIpc) is 2.52. The number of carbonyl (C=O) groups is 2. The zero-order chi connectivity index (χ0) is 19.5. The molecular weight excluding hydrogens is 332 g/mol. The van der Waals surface area contributed by atoms with Gasteiger partial charge < -0.3 is 14.6 Å². The number of fused-ring (bicyclic) bond motifs is 1. The van der Waals surface area contributed by atoms with E-state index in [0.29, 0.717) is 24.4 Å². The summed E-state index contributed by atoms with van der Waals surface area (Å²) >= 11 is 0. The van der Waals surface area contributed by atoms with Crippen LogP contribution in [0.2, 0.25) is 0 Å². The first kappa shape index (κ1) is 19.0. The highest BCUT2D eigenvalue weighted by Crippen LogP contribution is 2.61. The zero-order valence-corrected chi connectivity index (χ0v) is 16.4. The molecule has 5 nitrogen and oxygen atoms in total. The van der Waals surface area contributed by atoms with Gasteiger partial charge in [0.15, 0.2) is 5.78 Å². The van der Waals surface area contributed by atoms with Crippen LogP contribution in [-0.2, 0) is 19.1 Å². The van der Waals surface area contributed by atoms with Crippen molar-refractivity contribution in [2.75, 3.05) is 0 Å². The van der Waals surface area contributed by atoms with Crippen LogP contribution >= 0.6 is 0 Å². The van der Waals surface area contributed by atoms with Crippen LogP contribution in [-0.4, -0.2) is 28.6 Å². The fraction of sp³-hybridized carbons (Fsp3) is 0.714. The van der Waals surface area contributed by atoms with E-state index < -0.39 is 22.4 Å². The summed E-state index contributed by atoms with van der Waals surface area (Å²) in [4.78, 5) is 24.5. The zero-order valence-electron chi connectivity index (χ0n) is 16.4. The second-order valence-corrected chi connectivity index (χ2v) is 9.18. The van der Waals surface area contributed by atoms with Crippen LogP contribution in [0.3, 0.4) is 0 Å². The van der Waals surface area contributed by atoms with E-state index >= 15 is 0 Å². The largest absolute Gasteiger partial charge is 0.481 e. The van der Waals surface area contributed by atoms with Crippen LogP contribution < -0.4 is 0 Å². The summed E-state index contributed by atoms with van der Waals surface area (Å²) in [5.74, 6) is -0.458. The molecule has 1 fully saturated rings. The lowest BCUT2D eigenvalue weighted by Crippen LogP contribution is -2.59. The van der Waals surface area contributed by atoms with Crippen LogP contribution in [0.5, 0.6) is 0 Å². The SMILES string of the molecule is C=C[C@@]1(C)[C@H](C(C)(C)C(=O)O)CC[C@@]2(C)OC3=C(C[C@@H]12)C(=O)C[C@@H](C)O3. The third kappa shape index (κ3) is 2.58. The molecule has 26 heavy (non-hydrogen) atoms. The van der Waals surface area contributed by atoms with E-state index in [1.54, 1.807) is 13.8 Å². The molecule has 0 unspecified atom stereocenters. The van der Waals surface area contributed by atoms with Crippen molar-refractivity contribution in [3.05, 3.63) is 24.2 Å². The number of carboxylic acids is 1. The van der Waals surface area contributed by atoms with Gasteiger partial charge in [0.25, 0.3) is 5.95 Å². The lowest BCUT2D eigenvalue weighted by molar-refractivity contribution is -0.197. The molecule has 2 aliphatic heterocycles. The number of ether oxygens (including phenoxy) is 2. The fourth-order valence-corrected chi connectivity index (χ4v) is 5.44. The summed E-state index contributed by atoms with van der Waals surface area (Å²) in [6.45, 7) is 13.6. The molecule has 0 spiro atoms. The van der Waals surface area contributed by atoms with Crippen molar-refractivity contribution < 1.29 is 24.2 Å². The molecule has 0 radical (unpaired) electrons. The van der Waals surface area contributed by atoms with Crippen molar-refractivity contribution in [2.45, 2.75) is 72.0 Å². The maximum absolute atomic E-state index is 12.6. The Morgan fingerprint density at radius 1 is 1.35 bits per heavy atom. The van der Waals surface area contributed by atoms with Crippen LogP contribution in [0.1, 0.15) is 60.3 Å². The minimum atomic E-state index is -0.888. The second-order valence-electron chi connectivity index (χ2n) is 9.18. The van der Waals surface area contributed by atoms with Gasteiger partial charge in [-0.3, -0.25) is 9.59 Å². The number of hydrogen-bond acceptors (Lipinski definition) is 4. The first-order chi connectivity index (χ1) is 12.0. The summed E-state index contributed by atoms with van der Waals surface area (Å²) < 4.78 is 12.1. The summed E-state index contributed by atoms with van der Waals surface area (Å²) in [7, 11) is 0. The Labute approximate surface area is 155 Å². The lowest BCUT2D eigenvalue weighted by atomic mass is 9.48. The van der Waals surface area contributed by atoms with Gasteiger partial charge in [0.1, 0.15) is 11.7 Å². The summed E-state index contributed by atoms with van der Waals surface area (Å²) in [5.41, 5.74) is -1.23. The van der Waals surface area contributed by atoms with Crippen LogP contribution in [0.4, 0.5) is 0 Å². The molecule has 144 valence electrons. The fourth-order valence-electron chi connectivity index (χ4n) is 5.44. The van der Waals surface area contributed by atoms with Gasteiger partial charge in [-0.1, -0.05) is 13.0 Å². The van der Waals surface area contributed by atoms with E-state index in [1.165, 1.54) is 0 Å². The van der Waals surface area contributed by atoms with Gasteiger partial charge in [0.2, 0.25) is 0 Å². The third-order valence-corrected chi connectivity index (χ3v) is 7.13. The predicted molar refractivity (Wildman–Crippen MR) is 97.2 cm³/mol. The number of hydrogen-bond donors (Lipinski definition) is 1. The average molecular weight is 362 g/mol. The van der Waals surface area contributed by atoms with Crippen molar-refractivity contribution in [3.8, 4) is 0 Å². The van der Waals surface area contributed by atoms with E-state index in [2.05, 4.69) is 20.4 Å². The van der Waals surface area contributed by atoms with Crippen LogP contribution in [0, 0.1) is 22.7 Å². The van der Waals surface area contributed by atoms with Crippen molar-refractivity contribution in [1.82, 2.24) is 0 Å². The molecule has 2 heterocycles. The molecule has 0 amide bonds. The highest BCUT2D eigenvalue weighted by Gasteiger charge is 2.61. The minimum Gasteiger partial charge on any atom is -0.481 e. The number of Topliss-reactive ketones (excluding diaryl/α,β-unsaturated/α-hetero) is 1. The normalized spacial score (nSPS) is 40.0. The van der Waals surface area contributed by atoms with Gasteiger partial charge in [0, 0.05) is 12.3 Å². The number of aliphatic carboxylic acids is 1. The maximum Gasteiger partial charge on any atom is 0.309 e. The topological polar surface area (TPSA) is 72.8 Å². The summed E-state index contributed by atoms with van der Waals surface area (Å²) in [6, 6.07) is 0. The monoisotopic (exact) mass is 362 g/mol. The molecule has 0 aromatic heterocycles. The maximum atomic E-state index is 12.6. The standard InChI is InChI=1S/C21H30O5/c1-7-20(5)15(19(3,4)18(23)24)8-9-21(6)16(20)11-13-14(22)10-12(2)25-17(13)26-21/h7,12,15-16H,1,8-11H2,2-6H3,(H,23,24)/t12-,15+,16+,20+,21-/m1/s1. The van der Waals surface area contributed by atoms with E-state index in [0.717, 1.165) is 12.8 Å². The van der Waals surface area contributed by atoms with Crippen molar-refractivity contribution in [1.29, 1.82) is 0 Å². The highest BCUT2D eigenvalue weighted by molar-refractivity contribution is 5.96. The van der Waals surface area contributed by atoms with Gasteiger partial charge in [-0.15, -0.1) is 6.58 Å². The van der Waals surface area contributed by atoms with Crippen LogP contribution in [0.15, 0.2) is 24.2 Å². The van der Waals surface area contributed by atoms with Crippen molar-refractivity contribution in [3.63, 3.8) is 0 Å². The number of allylic oxidation sites excluding steroid dienone is 2. The van der Waals surface area contributed by atoms with Gasteiger partial charge in [-0.25, -0.2) is 0 Å². The summed E-state index contributed by atoms with van der Waals surface area (Å²) in [5, 5.41) is 9.79. The highest BCUT2D eigenvalue weighted by atomic mass is 16.7. The molecule has 1 N–H and O–H groups in total. The minimum absolute atomic E-state index is 0.0235. The number of rotatable bonds is 3. The molecule has 0 saturated heterocycles. The van der Waals surface area contributed by atoms with Crippen molar-refractivity contribution >= 4 is 11.8 Å². The van der Waals surface area contributed by atoms with Crippen molar-refractivity contribution in [2.24, 2.45) is 22.7 Å². The molecular formula is C21H30O5. The first-order valence-corrected chi connectivity index (χ1v) is 9.44. The Bertz CT molecular complexity index is 691. The molecule has 5 atom stereocenters. The van der Waals surface area contributed by atoms with E-state index in [4.69, 9.17) is 9.47 Å². The Kier molecular flexibility index (Phi) is 4.28. The Balaban J connectivity index is 2.05. The quantitative estimate of drug-likeness (QED) is 0.766. The molecule has 0 aromatic rings. The molecule has 1 saturated carbocycles.